The molecule has 0 spiro atoms. The molecule has 0 atom stereocenters. The number of anilines is 1. The molecule has 0 saturated carbocycles. The first-order valence-electron chi connectivity index (χ1n) is 9.50. The molecule has 0 radical (unpaired) electrons. The molecule has 8 nitrogen and oxygen atoms in total. The third-order valence-corrected chi connectivity index (χ3v) is 4.46. The van der Waals surface area contributed by atoms with Crippen molar-refractivity contribution < 1.29 is 18.7 Å². The molecule has 0 aliphatic heterocycles. The van der Waals surface area contributed by atoms with Crippen LogP contribution in [0.25, 0.3) is 16.9 Å². The molecule has 0 fully saturated rings. The highest BCUT2D eigenvalue weighted by atomic mass is 19.1. The van der Waals surface area contributed by atoms with Crippen LogP contribution in [-0.2, 0) is 4.74 Å². The second-order valence-corrected chi connectivity index (χ2v) is 6.50. The third-order valence-electron chi connectivity index (χ3n) is 4.46. The van der Waals surface area contributed by atoms with Crippen LogP contribution >= 0.6 is 0 Å². The zero-order valence-electron chi connectivity index (χ0n) is 16.5. The molecule has 0 bridgehead atoms. The minimum absolute atomic E-state index is 0.123. The van der Waals surface area contributed by atoms with Gasteiger partial charge in [-0.2, -0.15) is 10.2 Å². The number of nitrogens with zero attached hydrogens (tertiary/aromatic N) is 3. The van der Waals surface area contributed by atoms with Crippen molar-refractivity contribution in [3.63, 3.8) is 0 Å². The SMILES string of the molecule is CCOC(=O)c1cnn(-c2ccccc2)c1NC(=O)c1cc(-c2ccc(F)cc2)n[nH]1. The Hall–Kier alpha value is -4.27. The number of aromatic nitrogens is 4. The maximum Gasteiger partial charge on any atom is 0.343 e. The summed E-state index contributed by atoms with van der Waals surface area (Å²) in [7, 11) is 0. The van der Waals surface area contributed by atoms with Crippen LogP contribution in [0.2, 0.25) is 0 Å². The van der Waals surface area contributed by atoms with Gasteiger partial charge >= 0.3 is 5.97 Å². The molecule has 156 valence electrons. The number of esters is 1. The minimum atomic E-state index is -0.600. The van der Waals surface area contributed by atoms with Gasteiger partial charge in [-0.25, -0.2) is 13.9 Å². The Morgan fingerprint density at radius 2 is 1.87 bits per heavy atom. The predicted octanol–water partition coefficient (Wildman–Crippen LogP) is 3.83. The van der Waals surface area contributed by atoms with Crippen LogP contribution in [0.15, 0.2) is 66.9 Å². The maximum absolute atomic E-state index is 13.1. The zero-order valence-corrected chi connectivity index (χ0v) is 16.5. The van der Waals surface area contributed by atoms with E-state index in [1.165, 1.54) is 29.1 Å². The summed E-state index contributed by atoms with van der Waals surface area (Å²) in [5.74, 6) is -1.31. The Balaban J connectivity index is 1.65. The highest BCUT2D eigenvalue weighted by molar-refractivity contribution is 6.07. The summed E-state index contributed by atoms with van der Waals surface area (Å²) in [6.07, 6.45) is 1.34. The Bertz CT molecular complexity index is 1220. The summed E-state index contributed by atoms with van der Waals surface area (Å²) < 4.78 is 19.7. The van der Waals surface area contributed by atoms with Crippen LogP contribution in [0, 0.1) is 5.82 Å². The molecule has 9 heteroatoms. The monoisotopic (exact) mass is 419 g/mol. The molecule has 0 saturated heterocycles. The lowest BCUT2D eigenvalue weighted by atomic mass is 10.1. The smallest absolute Gasteiger partial charge is 0.343 e. The molecule has 4 aromatic rings. The van der Waals surface area contributed by atoms with E-state index in [-0.39, 0.29) is 29.5 Å². The number of carbonyl (C=O) groups is 2. The Morgan fingerprint density at radius 3 is 2.58 bits per heavy atom. The molecule has 1 amide bonds. The summed E-state index contributed by atoms with van der Waals surface area (Å²) in [6, 6.07) is 16.4. The molecular weight excluding hydrogens is 401 g/mol. The number of para-hydroxylation sites is 1. The van der Waals surface area contributed by atoms with E-state index in [2.05, 4.69) is 20.6 Å². The van der Waals surface area contributed by atoms with E-state index in [0.717, 1.165) is 0 Å². The first kappa shape index (κ1) is 20.0. The molecular formula is C22H18FN5O3. The number of hydrogen-bond acceptors (Lipinski definition) is 5. The number of rotatable bonds is 6. The van der Waals surface area contributed by atoms with Gasteiger partial charge in [-0.3, -0.25) is 9.89 Å². The number of halogens is 1. The van der Waals surface area contributed by atoms with Gasteiger partial charge < -0.3 is 10.1 Å². The number of aromatic amines is 1. The fourth-order valence-corrected chi connectivity index (χ4v) is 2.97. The molecule has 31 heavy (non-hydrogen) atoms. The fraction of sp³-hybridized carbons (Fsp3) is 0.0909. The van der Waals surface area contributed by atoms with Crippen molar-refractivity contribution in [1.29, 1.82) is 0 Å². The fourth-order valence-electron chi connectivity index (χ4n) is 2.97. The lowest BCUT2D eigenvalue weighted by Gasteiger charge is -2.10. The van der Waals surface area contributed by atoms with Crippen molar-refractivity contribution in [2.45, 2.75) is 6.92 Å². The molecule has 0 aliphatic rings. The maximum atomic E-state index is 13.1. The number of benzene rings is 2. The van der Waals surface area contributed by atoms with Crippen molar-refractivity contribution >= 4 is 17.7 Å². The lowest BCUT2D eigenvalue weighted by Crippen LogP contribution is -2.18. The minimum Gasteiger partial charge on any atom is -0.462 e. The van der Waals surface area contributed by atoms with Crippen LogP contribution in [0.4, 0.5) is 10.2 Å². The number of hydrogen-bond donors (Lipinski definition) is 2. The van der Waals surface area contributed by atoms with Gasteiger partial charge in [0.15, 0.2) is 5.82 Å². The quantitative estimate of drug-likeness (QED) is 0.463. The van der Waals surface area contributed by atoms with Crippen LogP contribution < -0.4 is 5.32 Å². The van der Waals surface area contributed by atoms with Gasteiger partial charge in [0.2, 0.25) is 0 Å². The third kappa shape index (κ3) is 4.20. The van der Waals surface area contributed by atoms with E-state index >= 15 is 0 Å². The summed E-state index contributed by atoms with van der Waals surface area (Å²) in [4.78, 5) is 25.3. The van der Waals surface area contributed by atoms with E-state index in [1.54, 1.807) is 31.2 Å². The van der Waals surface area contributed by atoms with Crippen LogP contribution in [0.3, 0.4) is 0 Å². The largest absolute Gasteiger partial charge is 0.462 e. The molecule has 2 N–H and O–H groups in total. The topological polar surface area (TPSA) is 102 Å². The molecule has 2 aromatic heterocycles. The Labute approximate surface area is 176 Å². The van der Waals surface area contributed by atoms with Gasteiger partial charge in [0.25, 0.3) is 5.91 Å². The van der Waals surface area contributed by atoms with Crippen molar-refractivity contribution in [2.75, 3.05) is 11.9 Å². The van der Waals surface area contributed by atoms with Crippen molar-refractivity contribution in [2.24, 2.45) is 0 Å². The van der Waals surface area contributed by atoms with Gasteiger partial charge in [-0.05, 0) is 49.4 Å². The Kier molecular flexibility index (Phi) is 5.57. The van der Waals surface area contributed by atoms with Gasteiger partial charge in [0.05, 0.1) is 24.2 Å². The molecule has 0 aliphatic carbocycles. The highest BCUT2D eigenvalue weighted by Crippen LogP contribution is 2.23. The van der Waals surface area contributed by atoms with Gasteiger partial charge in [-0.15, -0.1) is 0 Å². The zero-order chi connectivity index (χ0) is 21.8. The average molecular weight is 419 g/mol. The number of carbonyl (C=O) groups excluding carboxylic acids is 2. The van der Waals surface area contributed by atoms with Gasteiger partial charge in [0.1, 0.15) is 17.1 Å². The summed E-state index contributed by atoms with van der Waals surface area (Å²) in [5.41, 5.74) is 2.07. The van der Waals surface area contributed by atoms with E-state index in [4.69, 9.17) is 4.74 Å². The number of ether oxygens (including phenoxy) is 1. The second-order valence-electron chi connectivity index (χ2n) is 6.50. The molecule has 2 aromatic carbocycles. The number of nitrogens with one attached hydrogen (secondary N) is 2. The highest BCUT2D eigenvalue weighted by Gasteiger charge is 2.23. The van der Waals surface area contributed by atoms with Gasteiger partial charge in [0, 0.05) is 5.56 Å². The second kappa shape index (κ2) is 8.62. The van der Waals surface area contributed by atoms with Crippen molar-refractivity contribution in [1.82, 2.24) is 20.0 Å². The van der Waals surface area contributed by atoms with E-state index in [9.17, 15) is 14.0 Å². The van der Waals surface area contributed by atoms with Crippen LogP contribution in [0.5, 0.6) is 0 Å². The van der Waals surface area contributed by atoms with E-state index < -0.39 is 11.9 Å². The van der Waals surface area contributed by atoms with Crippen LogP contribution in [0.1, 0.15) is 27.8 Å². The number of H-pyrrole nitrogens is 1. The summed E-state index contributed by atoms with van der Waals surface area (Å²) in [6.45, 7) is 1.88. The first-order chi connectivity index (χ1) is 15.1. The molecule has 2 heterocycles. The summed E-state index contributed by atoms with van der Waals surface area (Å²) in [5, 5.41) is 13.7. The number of amides is 1. The summed E-state index contributed by atoms with van der Waals surface area (Å²) >= 11 is 0. The first-order valence-corrected chi connectivity index (χ1v) is 9.50. The normalized spacial score (nSPS) is 10.6. The molecule has 0 unspecified atom stereocenters. The van der Waals surface area contributed by atoms with E-state index in [1.807, 2.05) is 18.2 Å². The Morgan fingerprint density at radius 1 is 1.13 bits per heavy atom. The van der Waals surface area contributed by atoms with Crippen molar-refractivity contribution in [3.8, 4) is 16.9 Å². The predicted molar refractivity (Wildman–Crippen MR) is 111 cm³/mol. The van der Waals surface area contributed by atoms with Crippen LogP contribution in [-0.4, -0.2) is 38.5 Å². The average Bonchev–Trinajstić information content (AvgIpc) is 3.43. The standard InChI is InChI=1S/C22H18FN5O3/c1-2-31-22(30)17-13-24-28(16-6-4-3-5-7-16)20(17)25-21(29)19-12-18(26-27-19)14-8-10-15(23)11-9-14/h3-13H,2H2,1H3,(H,25,29)(H,26,27). The van der Waals surface area contributed by atoms with Crippen molar-refractivity contribution in [3.05, 3.63) is 83.9 Å². The molecule has 4 rings (SSSR count). The van der Waals surface area contributed by atoms with E-state index in [0.29, 0.717) is 16.9 Å². The van der Waals surface area contributed by atoms with Gasteiger partial charge in [-0.1, -0.05) is 18.2 Å². The lowest BCUT2D eigenvalue weighted by molar-refractivity contribution is 0.0527.